The summed E-state index contributed by atoms with van der Waals surface area (Å²) in [7, 11) is 0. The van der Waals surface area contributed by atoms with E-state index in [0.29, 0.717) is 6.54 Å². The zero-order valence-corrected chi connectivity index (χ0v) is 9.31. The van der Waals surface area contributed by atoms with E-state index in [1.807, 2.05) is 18.2 Å². The van der Waals surface area contributed by atoms with Crippen molar-refractivity contribution in [2.75, 3.05) is 11.4 Å². The number of hydrogen-bond acceptors (Lipinski definition) is 3. The molecule has 1 aromatic rings. The Balaban J connectivity index is 2.34. The standard InChI is InChI=1S/C12H16N2O2/c1-8(13)12(16)14-5-4-10-3-2-9(7-15)6-11(10)14/h2-3,6,8,15H,4-5,7,13H2,1H3/t8-/m1/s1. The molecule has 2 rings (SSSR count). The number of aliphatic hydroxyl groups is 1. The number of carbonyl (C=O) groups is 1. The molecule has 4 nitrogen and oxygen atoms in total. The van der Waals surface area contributed by atoms with Crippen LogP contribution in [-0.2, 0) is 17.8 Å². The Hall–Kier alpha value is -1.39. The zero-order valence-electron chi connectivity index (χ0n) is 9.31. The monoisotopic (exact) mass is 220 g/mol. The number of benzene rings is 1. The molecule has 0 unspecified atom stereocenters. The first-order valence-corrected chi connectivity index (χ1v) is 5.43. The summed E-state index contributed by atoms with van der Waals surface area (Å²) in [6.07, 6.45) is 0.861. The van der Waals surface area contributed by atoms with E-state index in [0.717, 1.165) is 23.2 Å². The van der Waals surface area contributed by atoms with Gasteiger partial charge in [0.2, 0.25) is 5.91 Å². The van der Waals surface area contributed by atoms with Crippen molar-refractivity contribution >= 4 is 11.6 Å². The van der Waals surface area contributed by atoms with Crippen LogP contribution in [0.15, 0.2) is 18.2 Å². The first-order valence-electron chi connectivity index (χ1n) is 5.43. The first kappa shape index (κ1) is 11.1. The molecule has 1 aliphatic heterocycles. The van der Waals surface area contributed by atoms with Crippen LogP contribution in [0.4, 0.5) is 5.69 Å². The smallest absolute Gasteiger partial charge is 0.243 e. The van der Waals surface area contributed by atoms with Crippen molar-refractivity contribution in [2.45, 2.75) is 26.0 Å². The minimum Gasteiger partial charge on any atom is -0.392 e. The summed E-state index contributed by atoms with van der Waals surface area (Å²) in [6, 6.07) is 5.24. The lowest BCUT2D eigenvalue weighted by Gasteiger charge is -2.19. The third-order valence-corrected chi connectivity index (χ3v) is 2.88. The van der Waals surface area contributed by atoms with Crippen molar-refractivity contribution in [1.29, 1.82) is 0 Å². The van der Waals surface area contributed by atoms with Crippen LogP contribution in [0.25, 0.3) is 0 Å². The average Bonchev–Trinajstić information content (AvgIpc) is 2.70. The molecule has 0 spiro atoms. The maximum absolute atomic E-state index is 11.8. The minimum absolute atomic E-state index is 0.00646. The van der Waals surface area contributed by atoms with Crippen LogP contribution in [0.3, 0.4) is 0 Å². The van der Waals surface area contributed by atoms with Crippen LogP contribution < -0.4 is 10.6 Å². The van der Waals surface area contributed by atoms with E-state index in [1.165, 1.54) is 0 Å². The SMILES string of the molecule is C[C@@H](N)C(=O)N1CCc2ccc(CO)cc21. The van der Waals surface area contributed by atoms with Crippen LogP contribution in [0.1, 0.15) is 18.1 Å². The zero-order chi connectivity index (χ0) is 11.7. The number of anilines is 1. The van der Waals surface area contributed by atoms with Crippen molar-refractivity contribution in [3.05, 3.63) is 29.3 Å². The molecule has 4 heteroatoms. The average molecular weight is 220 g/mol. The maximum Gasteiger partial charge on any atom is 0.243 e. The number of carbonyl (C=O) groups excluding carboxylic acids is 1. The number of nitrogens with two attached hydrogens (primary N) is 1. The highest BCUT2D eigenvalue weighted by Gasteiger charge is 2.26. The first-order chi connectivity index (χ1) is 7.63. The molecule has 0 aliphatic carbocycles. The molecule has 0 bridgehead atoms. The summed E-state index contributed by atoms with van der Waals surface area (Å²) in [5, 5.41) is 9.07. The normalized spacial score (nSPS) is 16.1. The molecule has 0 saturated heterocycles. The van der Waals surface area contributed by atoms with Crippen LogP contribution in [-0.4, -0.2) is 23.6 Å². The number of amides is 1. The van der Waals surface area contributed by atoms with Crippen LogP contribution >= 0.6 is 0 Å². The highest BCUT2D eigenvalue weighted by atomic mass is 16.3. The minimum atomic E-state index is -0.483. The van der Waals surface area contributed by atoms with Crippen molar-refractivity contribution in [2.24, 2.45) is 5.73 Å². The molecular weight excluding hydrogens is 204 g/mol. The summed E-state index contributed by atoms with van der Waals surface area (Å²) in [4.78, 5) is 13.6. The molecule has 0 aromatic heterocycles. The number of aliphatic hydroxyl groups excluding tert-OH is 1. The molecule has 0 saturated carbocycles. The Bertz CT molecular complexity index is 415. The molecule has 1 aromatic carbocycles. The lowest BCUT2D eigenvalue weighted by molar-refractivity contribution is -0.119. The lowest BCUT2D eigenvalue weighted by atomic mass is 10.1. The Labute approximate surface area is 94.7 Å². The van der Waals surface area contributed by atoms with Gasteiger partial charge in [0.25, 0.3) is 0 Å². The molecule has 1 aliphatic rings. The Morgan fingerprint density at radius 3 is 3.00 bits per heavy atom. The van der Waals surface area contributed by atoms with Crippen LogP contribution in [0.2, 0.25) is 0 Å². The predicted octanol–water partition coefficient (Wildman–Crippen LogP) is 0.415. The van der Waals surface area contributed by atoms with Gasteiger partial charge >= 0.3 is 0 Å². The molecule has 0 radical (unpaired) electrons. The summed E-state index contributed by atoms with van der Waals surface area (Å²) >= 11 is 0. The van der Waals surface area contributed by atoms with Crippen molar-refractivity contribution in [3.63, 3.8) is 0 Å². The highest BCUT2D eigenvalue weighted by molar-refractivity contribution is 5.98. The van der Waals surface area contributed by atoms with E-state index in [-0.39, 0.29) is 12.5 Å². The van der Waals surface area contributed by atoms with Gasteiger partial charge in [-0.3, -0.25) is 4.79 Å². The molecule has 0 fully saturated rings. The third kappa shape index (κ3) is 1.81. The number of rotatable bonds is 2. The fourth-order valence-corrected chi connectivity index (χ4v) is 2.00. The third-order valence-electron chi connectivity index (χ3n) is 2.88. The molecule has 1 heterocycles. The quantitative estimate of drug-likeness (QED) is 0.759. The van der Waals surface area contributed by atoms with Gasteiger partial charge in [0.15, 0.2) is 0 Å². The number of fused-ring (bicyclic) bond motifs is 1. The number of hydrogen-bond donors (Lipinski definition) is 2. The van der Waals surface area contributed by atoms with Gasteiger partial charge in [-0.25, -0.2) is 0 Å². The predicted molar refractivity (Wildman–Crippen MR) is 62.1 cm³/mol. The highest BCUT2D eigenvalue weighted by Crippen LogP contribution is 2.29. The van der Waals surface area contributed by atoms with Gasteiger partial charge in [-0.05, 0) is 30.5 Å². The molecule has 1 atom stereocenters. The maximum atomic E-state index is 11.8. The van der Waals surface area contributed by atoms with Gasteiger partial charge < -0.3 is 15.7 Å². The summed E-state index contributed by atoms with van der Waals surface area (Å²) < 4.78 is 0. The summed E-state index contributed by atoms with van der Waals surface area (Å²) in [6.45, 7) is 2.37. The van der Waals surface area contributed by atoms with Crippen molar-refractivity contribution in [1.82, 2.24) is 0 Å². The molecule has 16 heavy (non-hydrogen) atoms. The topological polar surface area (TPSA) is 66.6 Å². The molecule has 86 valence electrons. The second-order valence-corrected chi connectivity index (χ2v) is 4.15. The van der Waals surface area contributed by atoms with Crippen LogP contribution in [0.5, 0.6) is 0 Å². The van der Waals surface area contributed by atoms with Gasteiger partial charge in [0.05, 0.1) is 12.6 Å². The van der Waals surface area contributed by atoms with E-state index in [9.17, 15) is 4.79 Å². The Morgan fingerprint density at radius 2 is 2.38 bits per heavy atom. The summed E-state index contributed by atoms with van der Waals surface area (Å²) in [5.41, 5.74) is 8.47. The van der Waals surface area contributed by atoms with Gasteiger partial charge in [-0.2, -0.15) is 0 Å². The fraction of sp³-hybridized carbons (Fsp3) is 0.417. The van der Waals surface area contributed by atoms with Crippen LogP contribution in [0, 0.1) is 0 Å². The molecule has 3 N–H and O–H groups in total. The second-order valence-electron chi connectivity index (χ2n) is 4.15. The Morgan fingerprint density at radius 1 is 1.62 bits per heavy atom. The molecular formula is C12H16N2O2. The van der Waals surface area contributed by atoms with E-state index < -0.39 is 6.04 Å². The van der Waals surface area contributed by atoms with Crippen molar-refractivity contribution in [3.8, 4) is 0 Å². The Kier molecular flexibility index (Phi) is 2.94. The second kappa shape index (κ2) is 4.23. The fourth-order valence-electron chi connectivity index (χ4n) is 2.00. The van der Waals surface area contributed by atoms with Gasteiger partial charge in [0, 0.05) is 12.2 Å². The van der Waals surface area contributed by atoms with E-state index >= 15 is 0 Å². The van der Waals surface area contributed by atoms with Gasteiger partial charge in [-0.15, -0.1) is 0 Å². The van der Waals surface area contributed by atoms with Gasteiger partial charge in [0.1, 0.15) is 0 Å². The largest absolute Gasteiger partial charge is 0.392 e. The van der Waals surface area contributed by atoms with Gasteiger partial charge in [-0.1, -0.05) is 12.1 Å². The van der Waals surface area contributed by atoms with E-state index in [1.54, 1.807) is 11.8 Å². The van der Waals surface area contributed by atoms with E-state index in [4.69, 9.17) is 10.8 Å². The summed E-state index contributed by atoms with van der Waals surface area (Å²) in [5.74, 6) is -0.0613. The van der Waals surface area contributed by atoms with E-state index in [2.05, 4.69) is 0 Å². The van der Waals surface area contributed by atoms with Crippen molar-refractivity contribution < 1.29 is 9.90 Å². The number of nitrogens with zero attached hydrogens (tertiary/aromatic N) is 1. The molecule has 1 amide bonds. The lowest BCUT2D eigenvalue weighted by Crippen LogP contribution is -2.41.